The van der Waals surface area contributed by atoms with Gasteiger partial charge in [0.15, 0.2) is 0 Å². The van der Waals surface area contributed by atoms with E-state index in [1.54, 1.807) is 17.9 Å². The zero-order valence-corrected chi connectivity index (χ0v) is 6.57. The van der Waals surface area contributed by atoms with Crippen molar-refractivity contribution >= 4 is 5.82 Å². The van der Waals surface area contributed by atoms with E-state index in [0.29, 0.717) is 0 Å². The summed E-state index contributed by atoms with van der Waals surface area (Å²) in [6.45, 7) is 1.90. The molecule has 0 radical (unpaired) electrons. The van der Waals surface area contributed by atoms with Crippen molar-refractivity contribution < 1.29 is 0 Å². The van der Waals surface area contributed by atoms with Gasteiger partial charge in [0.05, 0.1) is 12.2 Å². The summed E-state index contributed by atoms with van der Waals surface area (Å²) in [6.07, 6.45) is 6.81. The fourth-order valence-corrected chi connectivity index (χ4v) is 0.684. The Kier molecular flexibility index (Phi) is 2.12. The maximum absolute atomic E-state index is 5.18. The van der Waals surface area contributed by atoms with Gasteiger partial charge in [0.1, 0.15) is 5.82 Å². The molecule has 1 rings (SSSR count). The van der Waals surface area contributed by atoms with Crippen LogP contribution in [0.4, 0.5) is 5.82 Å². The molecule has 0 fully saturated rings. The van der Waals surface area contributed by atoms with Gasteiger partial charge in [-0.05, 0) is 6.92 Å². The van der Waals surface area contributed by atoms with Crippen molar-refractivity contribution in [3.8, 4) is 12.3 Å². The number of terminal acetylenes is 1. The van der Waals surface area contributed by atoms with Gasteiger partial charge in [-0.15, -0.1) is 11.5 Å². The van der Waals surface area contributed by atoms with Crippen molar-refractivity contribution in [2.75, 3.05) is 5.32 Å². The Morgan fingerprint density at radius 1 is 1.82 bits per heavy atom. The van der Waals surface area contributed by atoms with Crippen LogP contribution in [-0.2, 0) is 7.05 Å². The van der Waals surface area contributed by atoms with Crippen LogP contribution >= 0.6 is 0 Å². The monoisotopic (exact) mass is 150 g/mol. The SMILES string of the molecule is C#CC(C)Nc1cnnn1C. The number of hydrogen-bond acceptors (Lipinski definition) is 3. The van der Waals surface area contributed by atoms with Gasteiger partial charge in [-0.1, -0.05) is 11.1 Å². The highest BCUT2D eigenvalue weighted by atomic mass is 15.4. The molecular formula is C7H10N4. The standard InChI is InChI=1S/C7H10N4/c1-4-6(2)9-7-5-8-10-11(7)3/h1,5-6,9H,2-3H3. The maximum Gasteiger partial charge on any atom is 0.145 e. The van der Waals surface area contributed by atoms with Crippen LogP contribution in [0.3, 0.4) is 0 Å². The van der Waals surface area contributed by atoms with Gasteiger partial charge in [0.2, 0.25) is 0 Å². The van der Waals surface area contributed by atoms with Gasteiger partial charge >= 0.3 is 0 Å². The highest BCUT2D eigenvalue weighted by Gasteiger charge is 2.00. The molecule has 0 spiro atoms. The molecule has 0 aromatic carbocycles. The second-order valence-electron chi connectivity index (χ2n) is 2.28. The molecule has 4 heteroatoms. The maximum atomic E-state index is 5.18. The smallest absolute Gasteiger partial charge is 0.145 e. The van der Waals surface area contributed by atoms with Gasteiger partial charge in [0, 0.05) is 7.05 Å². The minimum absolute atomic E-state index is 0.00667. The lowest BCUT2D eigenvalue weighted by atomic mass is 10.3. The highest BCUT2D eigenvalue weighted by Crippen LogP contribution is 2.01. The van der Waals surface area contributed by atoms with Crippen molar-refractivity contribution in [2.24, 2.45) is 7.05 Å². The average Bonchev–Trinajstić information content (AvgIpc) is 2.37. The Labute approximate surface area is 65.6 Å². The first-order valence-corrected chi connectivity index (χ1v) is 3.31. The molecule has 0 saturated carbocycles. The van der Waals surface area contributed by atoms with Crippen LogP contribution in [0.25, 0.3) is 0 Å². The Morgan fingerprint density at radius 2 is 2.55 bits per heavy atom. The summed E-state index contributed by atoms with van der Waals surface area (Å²) in [4.78, 5) is 0. The first-order valence-electron chi connectivity index (χ1n) is 3.31. The van der Waals surface area contributed by atoms with Gasteiger partial charge < -0.3 is 5.32 Å². The molecule has 0 amide bonds. The lowest BCUT2D eigenvalue weighted by Crippen LogP contribution is -2.14. The Hall–Kier alpha value is -1.50. The predicted molar refractivity (Wildman–Crippen MR) is 42.9 cm³/mol. The first-order chi connectivity index (χ1) is 5.24. The number of aryl methyl sites for hydroxylation is 1. The van der Waals surface area contributed by atoms with Crippen molar-refractivity contribution in [2.45, 2.75) is 13.0 Å². The van der Waals surface area contributed by atoms with Crippen molar-refractivity contribution in [3.63, 3.8) is 0 Å². The molecule has 0 bridgehead atoms. The molecule has 0 saturated heterocycles. The molecule has 11 heavy (non-hydrogen) atoms. The van der Waals surface area contributed by atoms with Crippen LogP contribution in [0.5, 0.6) is 0 Å². The highest BCUT2D eigenvalue weighted by molar-refractivity contribution is 5.34. The summed E-state index contributed by atoms with van der Waals surface area (Å²) >= 11 is 0. The molecule has 1 aromatic rings. The fourth-order valence-electron chi connectivity index (χ4n) is 0.684. The Balaban J connectivity index is 2.66. The second-order valence-corrected chi connectivity index (χ2v) is 2.28. The van der Waals surface area contributed by atoms with Gasteiger partial charge in [-0.25, -0.2) is 4.68 Å². The quantitative estimate of drug-likeness (QED) is 0.614. The summed E-state index contributed by atoms with van der Waals surface area (Å²) in [5.41, 5.74) is 0. The zero-order chi connectivity index (χ0) is 8.27. The van der Waals surface area contributed by atoms with E-state index in [-0.39, 0.29) is 6.04 Å². The van der Waals surface area contributed by atoms with E-state index in [2.05, 4.69) is 21.5 Å². The molecule has 1 aromatic heterocycles. The van der Waals surface area contributed by atoms with E-state index in [4.69, 9.17) is 6.42 Å². The third-order valence-corrected chi connectivity index (χ3v) is 1.33. The summed E-state index contributed by atoms with van der Waals surface area (Å²) in [5, 5.41) is 10.5. The summed E-state index contributed by atoms with van der Waals surface area (Å²) in [5.74, 6) is 3.38. The van der Waals surface area contributed by atoms with E-state index in [1.165, 1.54) is 0 Å². The third kappa shape index (κ3) is 1.71. The van der Waals surface area contributed by atoms with Crippen molar-refractivity contribution in [1.82, 2.24) is 15.0 Å². The molecule has 1 unspecified atom stereocenters. The normalized spacial score (nSPS) is 12.1. The summed E-state index contributed by atoms with van der Waals surface area (Å²) in [6, 6.07) is 0.00667. The number of nitrogens with one attached hydrogen (secondary N) is 1. The number of hydrogen-bond donors (Lipinski definition) is 1. The van der Waals surface area contributed by atoms with Crippen LogP contribution in [0.15, 0.2) is 6.20 Å². The predicted octanol–water partition coefficient (Wildman–Crippen LogP) is 0.249. The van der Waals surface area contributed by atoms with Crippen molar-refractivity contribution in [3.05, 3.63) is 6.20 Å². The van der Waals surface area contributed by atoms with E-state index in [0.717, 1.165) is 5.82 Å². The molecule has 1 N–H and O–H groups in total. The number of anilines is 1. The van der Waals surface area contributed by atoms with Crippen LogP contribution in [0.1, 0.15) is 6.92 Å². The van der Waals surface area contributed by atoms with E-state index < -0.39 is 0 Å². The lowest BCUT2D eigenvalue weighted by molar-refractivity contribution is 0.715. The van der Waals surface area contributed by atoms with Crippen LogP contribution in [0, 0.1) is 12.3 Å². The van der Waals surface area contributed by atoms with Crippen LogP contribution in [-0.4, -0.2) is 21.0 Å². The van der Waals surface area contributed by atoms with Gasteiger partial charge in [0.25, 0.3) is 0 Å². The molecule has 1 heterocycles. The van der Waals surface area contributed by atoms with Gasteiger partial charge in [-0.3, -0.25) is 0 Å². The zero-order valence-electron chi connectivity index (χ0n) is 6.57. The summed E-state index contributed by atoms with van der Waals surface area (Å²) < 4.78 is 1.63. The largest absolute Gasteiger partial charge is 0.356 e. The molecule has 0 aliphatic rings. The first kappa shape index (κ1) is 7.61. The van der Waals surface area contributed by atoms with Crippen LogP contribution in [0.2, 0.25) is 0 Å². The third-order valence-electron chi connectivity index (χ3n) is 1.33. The van der Waals surface area contributed by atoms with Gasteiger partial charge in [-0.2, -0.15) is 0 Å². The molecular weight excluding hydrogens is 140 g/mol. The number of aromatic nitrogens is 3. The summed E-state index contributed by atoms with van der Waals surface area (Å²) in [7, 11) is 1.80. The van der Waals surface area contributed by atoms with Crippen LogP contribution < -0.4 is 5.32 Å². The molecule has 0 aliphatic heterocycles. The van der Waals surface area contributed by atoms with Crippen molar-refractivity contribution in [1.29, 1.82) is 0 Å². The molecule has 0 aliphatic carbocycles. The van der Waals surface area contributed by atoms with E-state index >= 15 is 0 Å². The Morgan fingerprint density at radius 3 is 3.00 bits per heavy atom. The lowest BCUT2D eigenvalue weighted by Gasteiger charge is -2.06. The topological polar surface area (TPSA) is 42.7 Å². The number of rotatable bonds is 2. The minimum Gasteiger partial charge on any atom is -0.356 e. The Bertz CT molecular complexity index is 270. The number of nitrogens with zero attached hydrogens (tertiary/aromatic N) is 3. The molecule has 1 atom stereocenters. The fraction of sp³-hybridized carbons (Fsp3) is 0.429. The average molecular weight is 150 g/mol. The molecule has 4 nitrogen and oxygen atoms in total. The minimum atomic E-state index is 0.00667. The second kappa shape index (κ2) is 3.06. The molecule has 58 valence electrons. The van der Waals surface area contributed by atoms with E-state index in [9.17, 15) is 0 Å². The van der Waals surface area contributed by atoms with E-state index in [1.807, 2.05) is 6.92 Å².